The van der Waals surface area contributed by atoms with E-state index in [1.54, 1.807) is 16.5 Å². The molecule has 8 nitrogen and oxygen atoms in total. The van der Waals surface area contributed by atoms with Crippen LogP contribution in [0, 0.1) is 0 Å². The Labute approximate surface area is 143 Å². The van der Waals surface area contributed by atoms with Gasteiger partial charge in [0.15, 0.2) is 5.03 Å². The molecule has 3 rings (SSSR count). The van der Waals surface area contributed by atoms with E-state index < -0.39 is 10.0 Å². The Morgan fingerprint density at radius 3 is 2.54 bits per heavy atom. The molecule has 0 aromatic carbocycles. The summed E-state index contributed by atoms with van der Waals surface area (Å²) in [4.78, 5) is 20.0. The summed E-state index contributed by atoms with van der Waals surface area (Å²) in [6.07, 6.45) is 4.95. The van der Waals surface area contributed by atoms with Crippen LogP contribution in [-0.2, 0) is 21.9 Å². The minimum atomic E-state index is -3.60. The lowest BCUT2D eigenvalue weighted by Gasteiger charge is -2.48. The topological polar surface area (TPSA) is 78.8 Å². The van der Waals surface area contributed by atoms with Crippen LogP contribution in [0.2, 0.25) is 0 Å². The molecule has 0 aliphatic carbocycles. The average molecular weight is 355 g/mol. The maximum absolute atomic E-state index is 12.9. The van der Waals surface area contributed by atoms with Crippen molar-refractivity contribution in [1.29, 1.82) is 0 Å². The third kappa shape index (κ3) is 2.96. The van der Waals surface area contributed by atoms with E-state index in [2.05, 4.69) is 9.88 Å². The van der Waals surface area contributed by atoms with Gasteiger partial charge in [-0.15, -0.1) is 0 Å². The van der Waals surface area contributed by atoms with Gasteiger partial charge in [-0.25, -0.2) is 13.4 Å². The van der Waals surface area contributed by atoms with E-state index >= 15 is 0 Å². The number of nitrogens with zero attached hydrogens (tertiary/aromatic N) is 5. The van der Waals surface area contributed by atoms with Gasteiger partial charge < -0.3 is 9.47 Å². The quantitative estimate of drug-likeness (QED) is 0.730. The fourth-order valence-corrected chi connectivity index (χ4v) is 5.06. The second-order valence-corrected chi connectivity index (χ2v) is 8.81. The van der Waals surface area contributed by atoms with Crippen LogP contribution in [0.1, 0.15) is 19.3 Å². The van der Waals surface area contributed by atoms with E-state index in [0.29, 0.717) is 39.0 Å². The third-order valence-corrected chi connectivity index (χ3v) is 7.12. The summed E-state index contributed by atoms with van der Waals surface area (Å²) in [7, 11) is 1.99. The predicted octanol–water partition coefficient (Wildman–Crippen LogP) is -0.263. The van der Waals surface area contributed by atoms with Crippen molar-refractivity contribution in [2.24, 2.45) is 7.05 Å². The standard InChI is InChI=1S/C15H25N5O3S/c1-17-10-13(16-12-17)24(22,23)20-9-8-19(3)15(11-20)5-4-14(21)18(2)7-6-15/h10,12H,4-9,11H2,1-3H3/t15-/m1/s1. The molecule has 0 bridgehead atoms. The largest absolute Gasteiger partial charge is 0.346 e. The van der Waals surface area contributed by atoms with Crippen molar-refractivity contribution in [1.82, 2.24) is 23.7 Å². The van der Waals surface area contributed by atoms with Crippen molar-refractivity contribution in [2.45, 2.75) is 29.8 Å². The summed E-state index contributed by atoms with van der Waals surface area (Å²) in [5.41, 5.74) is -0.291. The molecular weight excluding hydrogens is 330 g/mol. The molecule has 2 saturated heterocycles. The maximum atomic E-state index is 12.9. The minimum absolute atomic E-state index is 0.0894. The highest BCUT2D eigenvalue weighted by Crippen LogP contribution is 2.33. The lowest BCUT2D eigenvalue weighted by molar-refractivity contribution is -0.129. The number of carbonyl (C=O) groups excluding carboxylic acids is 1. The van der Waals surface area contributed by atoms with Gasteiger partial charge in [0.1, 0.15) is 0 Å². The van der Waals surface area contributed by atoms with Gasteiger partial charge in [0.05, 0.1) is 6.33 Å². The number of hydrogen-bond donors (Lipinski definition) is 0. The van der Waals surface area contributed by atoms with Gasteiger partial charge in [-0.3, -0.25) is 9.69 Å². The molecule has 1 spiro atoms. The van der Waals surface area contributed by atoms with Crippen LogP contribution in [0.25, 0.3) is 0 Å². The van der Waals surface area contributed by atoms with Crippen molar-refractivity contribution in [3.63, 3.8) is 0 Å². The van der Waals surface area contributed by atoms with E-state index in [1.165, 1.54) is 16.8 Å². The van der Waals surface area contributed by atoms with Crippen LogP contribution in [0.4, 0.5) is 0 Å². The SMILES string of the molecule is CN1CC[C@]2(CCC1=O)CN(S(=O)(=O)c1cn(C)cn1)CCN2C. The molecule has 9 heteroatoms. The summed E-state index contributed by atoms with van der Waals surface area (Å²) in [5, 5.41) is 0.0894. The van der Waals surface area contributed by atoms with Crippen LogP contribution in [0.3, 0.4) is 0 Å². The molecule has 134 valence electrons. The monoisotopic (exact) mass is 355 g/mol. The molecule has 1 amide bonds. The normalized spacial score (nSPS) is 27.6. The van der Waals surface area contributed by atoms with Gasteiger partial charge in [0.2, 0.25) is 5.91 Å². The van der Waals surface area contributed by atoms with Crippen LogP contribution in [0.5, 0.6) is 0 Å². The Bertz CT molecular complexity index is 731. The van der Waals surface area contributed by atoms with Gasteiger partial charge in [-0.1, -0.05) is 0 Å². The molecule has 0 radical (unpaired) electrons. The molecule has 0 saturated carbocycles. The summed E-state index contributed by atoms with van der Waals surface area (Å²) in [6.45, 7) is 2.16. The number of amides is 1. The fraction of sp³-hybridized carbons (Fsp3) is 0.733. The van der Waals surface area contributed by atoms with E-state index in [1.807, 2.05) is 14.1 Å². The number of aryl methyl sites for hydroxylation is 1. The first-order valence-corrected chi connectivity index (χ1v) is 9.62. The predicted molar refractivity (Wildman–Crippen MR) is 88.8 cm³/mol. The van der Waals surface area contributed by atoms with Crippen molar-refractivity contribution in [2.75, 3.05) is 40.3 Å². The zero-order valence-electron chi connectivity index (χ0n) is 14.5. The second kappa shape index (κ2) is 6.12. The van der Waals surface area contributed by atoms with Crippen molar-refractivity contribution in [3.8, 4) is 0 Å². The van der Waals surface area contributed by atoms with Crippen LogP contribution >= 0.6 is 0 Å². The number of piperazine rings is 1. The molecule has 1 aromatic heterocycles. The number of carbonyl (C=O) groups is 1. The summed E-state index contributed by atoms with van der Waals surface area (Å²) >= 11 is 0. The number of likely N-dealkylation sites (tertiary alicyclic amines) is 1. The van der Waals surface area contributed by atoms with Gasteiger partial charge in [-0.05, 0) is 19.9 Å². The Kier molecular flexibility index (Phi) is 4.43. The first kappa shape index (κ1) is 17.4. The van der Waals surface area contributed by atoms with Crippen LogP contribution in [-0.4, -0.2) is 83.8 Å². The molecule has 1 aromatic rings. The number of hydrogen-bond acceptors (Lipinski definition) is 5. The zero-order valence-corrected chi connectivity index (χ0v) is 15.3. The highest BCUT2D eigenvalue weighted by Gasteiger charge is 2.45. The number of sulfonamides is 1. The number of likely N-dealkylation sites (N-methyl/N-ethyl adjacent to an activating group) is 1. The first-order chi connectivity index (χ1) is 11.2. The molecular formula is C15H25N5O3S. The summed E-state index contributed by atoms with van der Waals surface area (Å²) < 4.78 is 29.0. The van der Waals surface area contributed by atoms with Gasteiger partial charge in [-0.2, -0.15) is 4.31 Å². The zero-order chi connectivity index (χ0) is 17.5. The van der Waals surface area contributed by atoms with Crippen LogP contribution < -0.4 is 0 Å². The summed E-state index contributed by atoms with van der Waals surface area (Å²) in [6, 6.07) is 0. The Morgan fingerprint density at radius 2 is 1.88 bits per heavy atom. The molecule has 0 unspecified atom stereocenters. The third-order valence-electron chi connectivity index (χ3n) is 5.39. The van der Waals surface area contributed by atoms with E-state index in [4.69, 9.17) is 0 Å². The Hall–Kier alpha value is -1.45. The first-order valence-electron chi connectivity index (χ1n) is 8.18. The van der Waals surface area contributed by atoms with Crippen molar-refractivity contribution < 1.29 is 13.2 Å². The van der Waals surface area contributed by atoms with Crippen molar-refractivity contribution >= 4 is 15.9 Å². The highest BCUT2D eigenvalue weighted by molar-refractivity contribution is 7.89. The lowest BCUT2D eigenvalue weighted by atomic mass is 9.87. The Balaban J connectivity index is 1.87. The number of imidazole rings is 1. The Morgan fingerprint density at radius 1 is 1.12 bits per heavy atom. The molecule has 2 aliphatic rings. The number of aromatic nitrogens is 2. The second-order valence-electron chi connectivity index (χ2n) is 6.93. The van der Waals surface area contributed by atoms with Gasteiger partial charge in [0, 0.05) is 58.4 Å². The smallest absolute Gasteiger partial charge is 0.262 e. The molecule has 2 aliphatic heterocycles. The van der Waals surface area contributed by atoms with Gasteiger partial charge >= 0.3 is 0 Å². The van der Waals surface area contributed by atoms with E-state index in [0.717, 1.165) is 6.42 Å². The maximum Gasteiger partial charge on any atom is 0.262 e. The van der Waals surface area contributed by atoms with E-state index in [-0.39, 0.29) is 16.5 Å². The van der Waals surface area contributed by atoms with Gasteiger partial charge in [0.25, 0.3) is 10.0 Å². The highest BCUT2D eigenvalue weighted by atomic mass is 32.2. The van der Waals surface area contributed by atoms with Crippen LogP contribution in [0.15, 0.2) is 17.6 Å². The van der Waals surface area contributed by atoms with Crippen molar-refractivity contribution in [3.05, 3.63) is 12.5 Å². The van der Waals surface area contributed by atoms with E-state index in [9.17, 15) is 13.2 Å². The fourth-order valence-electron chi connectivity index (χ4n) is 3.58. The lowest BCUT2D eigenvalue weighted by Crippen LogP contribution is -2.62. The molecule has 0 N–H and O–H groups in total. The molecule has 24 heavy (non-hydrogen) atoms. The average Bonchev–Trinajstić information content (AvgIpc) is 2.93. The molecule has 2 fully saturated rings. The molecule has 1 atom stereocenters. The summed E-state index contributed by atoms with van der Waals surface area (Å²) in [5.74, 6) is 0.130. The molecule has 3 heterocycles. The number of rotatable bonds is 2. The minimum Gasteiger partial charge on any atom is -0.346 e.